The van der Waals surface area contributed by atoms with Crippen molar-refractivity contribution in [2.75, 3.05) is 50.5 Å². The van der Waals surface area contributed by atoms with Gasteiger partial charge in [-0.1, -0.05) is 19.1 Å². The second kappa shape index (κ2) is 10.2. The summed E-state index contributed by atoms with van der Waals surface area (Å²) in [5, 5.41) is 0. The number of benzene rings is 2. The average molecular weight is 431 g/mol. The van der Waals surface area contributed by atoms with Gasteiger partial charge in [0.25, 0.3) is 5.91 Å². The molecule has 0 radical (unpaired) electrons. The van der Waals surface area contributed by atoms with Crippen molar-refractivity contribution in [2.45, 2.75) is 11.8 Å². The summed E-state index contributed by atoms with van der Waals surface area (Å²) in [6, 6.07) is 14.5. The van der Waals surface area contributed by atoms with Gasteiger partial charge in [-0.15, -0.1) is 0 Å². The predicted octanol–water partition coefficient (Wildman–Crippen LogP) is 2.33. The van der Waals surface area contributed by atoms with Crippen molar-refractivity contribution in [3.05, 3.63) is 54.1 Å². The fraction of sp³-hybridized carbons (Fsp3) is 0.364. The van der Waals surface area contributed by atoms with Crippen LogP contribution in [0.15, 0.2) is 53.4 Å². The van der Waals surface area contributed by atoms with Gasteiger partial charge in [0, 0.05) is 37.6 Å². The van der Waals surface area contributed by atoms with Crippen molar-refractivity contribution in [1.29, 1.82) is 0 Å². The number of carbonyl (C=O) groups is 2. The lowest BCUT2D eigenvalue weighted by molar-refractivity contribution is -0.134. The van der Waals surface area contributed by atoms with Gasteiger partial charge in [0.15, 0.2) is 6.61 Å². The topological polar surface area (TPSA) is 76.2 Å². The Hall–Kier alpha value is -2.87. The molecule has 0 aliphatic carbocycles. The van der Waals surface area contributed by atoms with Crippen LogP contribution in [0.4, 0.5) is 5.69 Å². The highest BCUT2D eigenvalue weighted by Gasteiger charge is 2.23. The maximum atomic E-state index is 12.5. The second-order valence-corrected chi connectivity index (χ2v) is 8.48. The molecule has 160 valence electrons. The number of ether oxygens (including phenoxy) is 2. The molecule has 1 atom stereocenters. The van der Waals surface area contributed by atoms with E-state index in [1.54, 1.807) is 43.2 Å². The first-order valence-corrected chi connectivity index (χ1v) is 11.2. The van der Waals surface area contributed by atoms with Crippen LogP contribution in [0.1, 0.15) is 17.3 Å². The van der Waals surface area contributed by atoms with E-state index in [1.165, 1.54) is 0 Å². The molecule has 30 heavy (non-hydrogen) atoms. The largest absolute Gasteiger partial charge is 0.497 e. The molecule has 3 rings (SSSR count). The van der Waals surface area contributed by atoms with Gasteiger partial charge in [0.2, 0.25) is 0 Å². The molecule has 0 aromatic heterocycles. The highest BCUT2D eigenvalue weighted by molar-refractivity contribution is 7.85. The highest BCUT2D eigenvalue weighted by atomic mass is 32.2. The van der Waals surface area contributed by atoms with E-state index in [9.17, 15) is 13.8 Å². The Morgan fingerprint density at radius 2 is 1.67 bits per heavy atom. The molecule has 0 N–H and O–H groups in total. The molecule has 8 heteroatoms. The normalized spacial score (nSPS) is 14.9. The van der Waals surface area contributed by atoms with Crippen molar-refractivity contribution >= 4 is 28.4 Å². The summed E-state index contributed by atoms with van der Waals surface area (Å²) in [7, 11) is 0.358. The van der Waals surface area contributed by atoms with Gasteiger partial charge in [-0.3, -0.25) is 9.00 Å². The molecule has 2 aromatic carbocycles. The van der Waals surface area contributed by atoms with Crippen LogP contribution in [0.25, 0.3) is 0 Å². The lowest BCUT2D eigenvalue weighted by Gasteiger charge is -2.36. The average Bonchev–Trinajstić information content (AvgIpc) is 2.82. The quantitative estimate of drug-likeness (QED) is 0.628. The Kier molecular flexibility index (Phi) is 7.46. The molecule has 0 spiro atoms. The summed E-state index contributed by atoms with van der Waals surface area (Å²) in [4.78, 5) is 29.2. The van der Waals surface area contributed by atoms with E-state index in [-0.39, 0.29) is 18.1 Å². The molecule has 0 bridgehead atoms. The number of amides is 1. The van der Waals surface area contributed by atoms with Crippen LogP contribution in [-0.2, 0) is 20.3 Å². The number of carbonyl (C=O) groups excluding carboxylic acids is 2. The van der Waals surface area contributed by atoms with Crippen LogP contribution in [0.2, 0.25) is 0 Å². The fourth-order valence-corrected chi connectivity index (χ4v) is 4.23. The lowest BCUT2D eigenvalue weighted by atomic mass is 10.2. The summed E-state index contributed by atoms with van der Waals surface area (Å²) in [5.74, 6) is 0.352. The van der Waals surface area contributed by atoms with E-state index >= 15 is 0 Å². The third kappa shape index (κ3) is 5.18. The van der Waals surface area contributed by atoms with E-state index in [0.717, 1.165) is 11.4 Å². The zero-order chi connectivity index (χ0) is 21.5. The standard InChI is InChI=1S/C22H26N2O5S/c1-3-30(27)20-7-5-4-6-19(20)22(26)29-16-21(25)24-14-12-23(13-15-24)17-8-10-18(28-2)11-9-17/h4-11H,3,12-16H2,1-2H3/t30-/m1/s1. The van der Waals surface area contributed by atoms with Crippen LogP contribution in [-0.4, -0.2) is 66.6 Å². The van der Waals surface area contributed by atoms with Gasteiger partial charge in [0.1, 0.15) is 5.75 Å². The Labute approximate surface area is 179 Å². The molecule has 1 aliphatic heterocycles. The fourth-order valence-electron chi connectivity index (χ4n) is 3.29. The SMILES string of the molecule is CC[S@@](=O)c1ccccc1C(=O)OCC(=O)N1CCN(c2ccc(OC)cc2)CC1. The highest BCUT2D eigenvalue weighted by Crippen LogP contribution is 2.20. The first-order chi connectivity index (χ1) is 14.5. The van der Waals surface area contributed by atoms with Crippen molar-refractivity contribution < 1.29 is 23.3 Å². The molecular weight excluding hydrogens is 404 g/mol. The van der Waals surface area contributed by atoms with Gasteiger partial charge in [-0.2, -0.15) is 0 Å². The molecule has 1 fully saturated rings. The summed E-state index contributed by atoms with van der Waals surface area (Å²) in [6.45, 7) is 3.97. The number of piperazine rings is 1. The predicted molar refractivity (Wildman–Crippen MR) is 115 cm³/mol. The van der Waals surface area contributed by atoms with Gasteiger partial charge >= 0.3 is 5.97 Å². The molecule has 0 unspecified atom stereocenters. The maximum absolute atomic E-state index is 12.5. The summed E-state index contributed by atoms with van der Waals surface area (Å²) in [6.07, 6.45) is 0. The Morgan fingerprint density at radius 1 is 1.00 bits per heavy atom. The minimum absolute atomic E-state index is 0.230. The summed E-state index contributed by atoms with van der Waals surface area (Å²) >= 11 is 0. The van der Waals surface area contributed by atoms with Crippen molar-refractivity contribution in [3.63, 3.8) is 0 Å². The smallest absolute Gasteiger partial charge is 0.339 e. The summed E-state index contributed by atoms with van der Waals surface area (Å²) in [5.41, 5.74) is 1.32. The van der Waals surface area contributed by atoms with Crippen LogP contribution in [0.3, 0.4) is 0 Å². The Balaban J connectivity index is 1.51. The zero-order valence-electron chi connectivity index (χ0n) is 17.2. The molecule has 2 aromatic rings. The van der Waals surface area contributed by atoms with E-state index < -0.39 is 16.8 Å². The second-order valence-electron chi connectivity index (χ2n) is 6.77. The van der Waals surface area contributed by atoms with E-state index in [4.69, 9.17) is 9.47 Å². The lowest BCUT2D eigenvalue weighted by Crippen LogP contribution is -2.49. The number of rotatable bonds is 7. The van der Waals surface area contributed by atoms with E-state index in [0.29, 0.717) is 36.8 Å². The molecule has 1 saturated heterocycles. The van der Waals surface area contributed by atoms with E-state index in [1.807, 2.05) is 24.3 Å². The van der Waals surface area contributed by atoms with Gasteiger partial charge < -0.3 is 19.3 Å². The van der Waals surface area contributed by atoms with Crippen molar-refractivity contribution in [3.8, 4) is 5.75 Å². The first-order valence-electron chi connectivity index (χ1n) is 9.84. The van der Waals surface area contributed by atoms with Gasteiger partial charge in [-0.25, -0.2) is 4.79 Å². The minimum atomic E-state index is -1.28. The number of hydrogen-bond acceptors (Lipinski definition) is 6. The third-order valence-electron chi connectivity index (χ3n) is 5.01. The Bertz CT molecular complexity index is 908. The number of methoxy groups -OCH3 is 1. The number of anilines is 1. The molecule has 7 nitrogen and oxygen atoms in total. The molecular formula is C22H26N2O5S. The number of hydrogen-bond donors (Lipinski definition) is 0. The molecule has 0 saturated carbocycles. The van der Waals surface area contributed by atoms with Crippen molar-refractivity contribution in [2.24, 2.45) is 0 Å². The number of nitrogens with zero attached hydrogens (tertiary/aromatic N) is 2. The van der Waals surface area contributed by atoms with Crippen LogP contribution in [0, 0.1) is 0 Å². The maximum Gasteiger partial charge on any atom is 0.339 e. The van der Waals surface area contributed by atoms with E-state index in [2.05, 4.69) is 4.90 Å². The summed E-state index contributed by atoms with van der Waals surface area (Å²) < 4.78 is 22.5. The molecule has 1 aliphatic rings. The zero-order valence-corrected chi connectivity index (χ0v) is 18.0. The first kappa shape index (κ1) is 21.8. The van der Waals surface area contributed by atoms with Crippen LogP contribution < -0.4 is 9.64 Å². The monoisotopic (exact) mass is 430 g/mol. The number of esters is 1. The molecule has 1 amide bonds. The van der Waals surface area contributed by atoms with Crippen molar-refractivity contribution in [1.82, 2.24) is 4.90 Å². The Morgan fingerprint density at radius 3 is 2.30 bits per heavy atom. The molecule has 1 heterocycles. The van der Waals surface area contributed by atoms with Crippen LogP contribution in [0.5, 0.6) is 5.75 Å². The van der Waals surface area contributed by atoms with Gasteiger partial charge in [0.05, 0.1) is 28.4 Å². The van der Waals surface area contributed by atoms with Gasteiger partial charge in [-0.05, 0) is 36.4 Å². The minimum Gasteiger partial charge on any atom is -0.497 e. The third-order valence-corrected chi connectivity index (χ3v) is 6.38. The van der Waals surface area contributed by atoms with Crippen LogP contribution >= 0.6 is 0 Å².